The summed E-state index contributed by atoms with van der Waals surface area (Å²) < 4.78 is 15.8. The Morgan fingerprint density at radius 1 is 1.13 bits per heavy atom. The Bertz CT molecular complexity index is 894. The van der Waals surface area contributed by atoms with Crippen molar-refractivity contribution in [3.05, 3.63) is 52.9 Å². The van der Waals surface area contributed by atoms with Gasteiger partial charge >= 0.3 is 5.63 Å². The molecule has 0 unspecified atom stereocenters. The van der Waals surface area contributed by atoms with Gasteiger partial charge in [-0.25, -0.2) is 4.79 Å². The van der Waals surface area contributed by atoms with Crippen molar-refractivity contribution in [1.82, 2.24) is 0 Å². The average molecular weight is 312 g/mol. The van der Waals surface area contributed by atoms with E-state index in [9.17, 15) is 9.90 Å². The first kappa shape index (κ1) is 15.0. The first-order valence-corrected chi connectivity index (χ1v) is 7.20. The van der Waals surface area contributed by atoms with Crippen molar-refractivity contribution in [1.29, 1.82) is 0 Å². The minimum atomic E-state index is -0.466. The minimum Gasteiger partial charge on any atom is -0.504 e. The molecule has 0 aliphatic rings. The zero-order valence-electron chi connectivity index (χ0n) is 12.8. The van der Waals surface area contributed by atoms with Gasteiger partial charge < -0.3 is 19.0 Å². The van der Waals surface area contributed by atoms with Gasteiger partial charge in [0.2, 0.25) is 0 Å². The van der Waals surface area contributed by atoms with Crippen molar-refractivity contribution in [3.8, 4) is 28.4 Å². The molecule has 0 aliphatic carbocycles. The highest BCUT2D eigenvalue weighted by Crippen LogP contribution is 2.32. The van der Waals surface area contributed by atoms with E-state index in [4.69, 9.17) is 13.9 Å². The van der Waals surface area contributed by atoms with Crippen LogP contribution in [0.15, 0.2) is 51.7 Å². The van der Waals surface area contributed by atoms with Crippen LogP contribution in [0.25, 0.3) is 22.1 Å². The monoisotopic (exact) mass is 312 g/mol. The largest absolute Gasteiger partial charge is 0.504 e. The number of methoxy groups -OCH3 is 1. The van der Waals surface area contributed by atoms with E-state index in [2.05, 4.69) is 0 Å². The van der Waals surface area contributed by atoms with Crippen molar-refractivity contribution in [2.45, 2.75) is 6.92 Å². The van der Waals surface area contributed by atoms with Crippen LogP contribution < -0.4 is 15.1 Å². The molecule has 0 spiro atoms. The standard InChI is InChI=1S/C18H16O5/c1-3-22-13-6-4-11(5-7-13)14-8-12-9-17(21-2)15(19)10-16(12)23-18(14)20/h4-10,19H,3H2,1-2H3. The Hall–Kier alpha value is -2.95. The van der Waals surface area contributed by atoms with Crippen LogP contribution in [0.4, 0.5) is 0 Å². The number of fused-ring (bicyclic) bond motifs is 1. The van der Waals surface area contributed by atoms with Gasteiger partial charge in [0.15, 0.2) is 11.5 Å². The van der Waals surface area contributed by atoms with Crippen molar-refractivity contribution in [2.24, 2.45) is 0 Å². The number of hydrogen-bond donors (Lipinski definition) is 1. The number of benzene rings is 2. The fraction of sp³-hybridized carbons (Fsp3) is 0.167. The van der Waals surface area contributed by atoms with Gasteiger partial charge in [-0.1, -0.05) is 12.1 Å². The predicted octanol–water partition coefficient (Wildman–Crippen LogP) is 3.57. The van der Waals surface area contributed by atoms with E-state index in [-0.39, 0.29) is 5.75 Å². The molecule has 0 radical (unpaired) electrons. The maximum atomic E-state index is 12.2. The fourth-order valence-corrected chi connectivity index (χ4v) is 2.40. The third kappa shape index (κ3) is 2.85. The first-order valence-electron chi connectivity index (χ1n) is 7.20. The Morgan fingerprint density at radius 3 is 2.52 bits per heavy atom. The highest BCUT2D eigenvalue weighted by molar-refractivity contribution is 5.84. The van der Waals surface area contributed by atoms with E-state index >= 15 is 0 Å². The van der Waals surface area contributed by atoms with E-state index in [1.807, 2.05) is 6.92 Å². The Labute approximate surface area is 132 Å². The summed E-state index contributed by atoms with van der Waals surface area (Å²) in [5.74, 6) is 0.994. The number of phenolic OH excluding ortho intramolecular Hbond substituents is 1. The number of phenols is 1. The summed E-state index contributed by atoms with van der Waals surface area (Å²) in [5.41, 5.74) is 1.01. The van der Waals surface area contributed by atoms with E-state index < -0.39 is 5.63 Å². The Kier molecular flexibility index (Phi) is 3.93. The van der Waals surface area contributed by atoms with Crippen molar-refractivity contribution < 1.29 is 19.0 Å². The van der Waals surface area contributed by atoms with Crippen LogP contribution in [-0.2, 0) is 0 Å². The third-order valence-electron chi connectivity index (χ3n) is 3.51. The molecule has 0 aliphatic heterocycles. The molecule has 23 heavy (non-hydrogen) atoms. The van der Waals surface area contributed by atoms with Crippen LogP contribution in [0.2, 0.25) is 0 Å². The zero-order chi connectivity index (χ0) is 16.4. The molecule has 0 saturated heterocycles. The Morgan fingerprint density at radius 2 is 1.87 bits per heavy atom. The summed E-state index contributed by atoms with van der Waals surface area (Å²) in [5, 5.41) is 10.4. The summed E-state index contributed by atoms with van der Waals surface area (Å²) in [7, 11) is 1.47. The lowest BCUT2D eigenvalue weighted by Gasteiger charge is -2.07. The molecule has 5 nitrogen and oxygen atoms in total. The number of rotatable bonds is 4. The van der Waals surface area contributed by atoms with Gasteiger partial charge in [0.1, 0.15) is 11.3 Å². The third-order valence-corrected chi connectivity index (χ3v) is 3.51. The molecule has 1 aromatic heterocycles. The predicted molar refractivity (Wildman–Crippen MR) is 87.3 cm³/mol. The van der Waals surface area contributed by atoms with Gasteiger partial charge in [-0.2, -0.15) is 0 Å². The topological polar surface area (TPSA) is 68.9 Å². The molecule has 0 saturated carbocycles. The molecule has 1 N–H and O–H groups in total. The van der Waals surface area contributed by atoms with Gasteiger partial charge in [-0.05, 0) is 36.8 Å². The van der Waals surface area contributed by atoms with Crippen LogP contribution in [0.1, 0.15) is 6.92 Å². The molecule has 1 heterocycles. The zero-order valence-corrected chi connectivity index (χ0v) is 12.8. The van der Waals surface area contributed by atoms with Gasteiger partial charge in [0.05, 0.1) is 19.3 Å². The summed E-state index contributed by atoms with van der Waals surface area (Å²) in [6, 6.07) is 11.9. The summed E-state index contributed by atoms with van der Waals surface area (Å²) in [6.07, 6.45) is 0. The van der Waals surface area contributed by atoms with Crippen LogP contribution >= 0.6 is 0 Å². The lowest BCUT2D eigenvalue weighted by atomic mass is 10.1. The smallest absolute Gasteiger partial charge is 0.344 e. The Balaban J connectivity index is 2.11. The van der Waals surface area contributed by atoms with E-state index in [1.54, 1.807) is 36.4 Å². The molecule has 2 aromatic carbocycles. The second kappa shape index (κ2) is 6.04. The summed E-state index contributed by atoms with van der Waals surface area (Å²) >= 11 is 0. The van der Waals surface area contributed by atoms with E-state index in [0.29, 0.717) is 28.9 Å². The maximum absolute atomic E-state index is 12.2. The molecular weight excluding hydrogens is 296 g/mol. The van der Waals surface area contributed by atoms with Gasteiger partial charge in [-0.3, -0.25) is 0 Å². The average Bonchev–Trinajstić information content (AvgIpc) is 2.55. The molecule has 3 aromatic rings. The molecule has 0 atom stereocenters. The summed E-state index contributed by atoms with van der Waals surface area (Å²) in [4.78, 5) is 12.2. The van der Waals surface area contributed by atoms with Gasteiger partial charge in [0.25, 0.3) is 0 Å². The number of ether oxygens (including phenoxy) is 2. The highest BCUT2D eigenvalue weighted by Gasteiger charge is 2.11. The minimum absolute atomic E-state index is 0.0723. The van der Waals surface area contributed by atoms with Crippen LogP contribution in [0, 0.1) is 0 Å². The van der Waals surface area contributed by atoms with Crippen molar-refractivity contribution in [3.63, 3.8) is 0 Å². The van der Waals surface area contributed by atoms with Crippen molar-refractivity contribution in [2.75, 3.05) is 13.7 Å². The van der Waals surface area contributed by atoms with E-state index in [0.717, 1.165) is 11.3 Å². The van der Waals surface area contributed by atoms with Crippen LogP contribution in [-0.4, -0.2) is 18.8 Å². The quantitative estimate of drug-likeness (QED) is 0.746. The molecule has 0 bridgehead atoms. The second-order valence-corrected chi connectivity index (χ2v) is 4.97. The molecule has 5 heteroatoms. The van der Waals surface area contributed by atoms with Crippen LogP contribution in [0.5, 0.6) is 17.2 Å². The van der Waals surface area contributed by atoms with Crippen LogP contribution in [0.3, 0.4) is 0 Å². The maximum Gasteiger partial charge on any atom is 0.344 e. The normalized spacial score (nSPS) is 10.7. The lowest BCUT2D eigenvalue weighted by molar-refractivity contribution is 0.340. The molecule has 0 fully saturated rings. The summed E-state index contributed by atoms with van der Waals surface area (Å²) in [6.45, 7) is 2.50. The SMILES string of the molecule is CCOc1ccc(-c2cc3cc(OC)c(O)cc3oc2=O)cc1. The number of hydrogen-bond acceptors (Lipinski definition) is 5. The highest BCUT2D eigenvalue weighted by atomic mass is 16.5. The lowest BCUT2D eigenvalue weighted by Crippen LogP contribution is -2.03. The number of aromatic hydroxyl groups is 1. The second-order valence-electron chi connectivity index (χ2n) is 4.97. The van der Waals surface area contributed by atoms with Crippen molar-refractivity contribution >= 4 is 11.0 Å². The van der Waals surface area contributed by atoms with Gasteiger partial charge in [-0.15, -0.1) is 0 Å². The van der Waals surface area contributed by atoms with Gasteiger partial charge in [0, 0.05) is 11.5 Å². The molecular formula is C18H16O5. The van der Waals surface area contributed by atoms with E-state index in [1.165, 1.54) is 13.2 Å². The fourth-order valence-electron chi connectivity index (χ4n) is 2.40. The first-order chi connectivity index (χ1) is 11.1. The molecule has 0 amide bonds. The molecule has 3 rings (SSSR count). The molecule has 118 valence electrons.